The summed E-state index contributed by atoms with van der Waals surface area (Å²) in [5.74, 6) is -0.400. The molecule has 0 unspecified atom stereocenters. The molecule has 1 aromatic rings. The highest BCUT2D eigenvalue weighted by molar-refractivity contribution is 5.80. The summed E-state index contributed by atoms with van der Waals surface area (Å²) in [6, 6.07) is 9.41. The van der Waals surface area contributed by atoms with Crippen molar-refractivity contribution in [2.24, 2.45) is 0 Å². The van der Waals surface area contributed by atoms with E-state index in [1.807, 2.05) is 37.3 Å². The Balaban J connectivity index is 2.47. The third-order valence-electron chi connectivity index (χ3n) is 2.53. The zero-order valence-corrected chi connectivity index (χ0v) is 10.2. The Hall–Kier alpha value is -1.39. The van der Waals surface area contributed by atoms with E-state index >= 15 is 0 Å². The van der Waals surface area contributed by atoms with E-state index in [0.717, 1.165) is 5.56 Å². The van der Waals surface area contributed by atoms with Gasteiger partial charge in [0.1, 0.15) is 12.3 Å². The molecule has 2 atom stereocenters. The van der Waals surface area contributed by atoms with E-state index in [2.05, 4.69) is 5.32 Å². The largest absolute Gasteiger partial charge is 0.383 e. The molecule has 0 fully saturated rings. The third-order valence-corrected chi connectivity index (χ3v) is 2.53. The maximum absolute atomic E-state index is 11.6. The van der Waals surface area contributed by atoms with Gasteiger partial charge in [0.15, 0.2) is 0 Å². The van der Waals surface area contributed by atoms with Gasteiger partial charge in [-0.15, -0.1) is 0 Å². The van der Waals surface area contributed by atoms with Crippen LogP contribution in [0.2, 0.25) is 0 Å². The summed E-state index contributed by atoms with van der Waals surface area (Å²) < 4.78 is 5.03. The van der Waals surface area contributed by atoms with E-state index in [-0.39, 0.29) is 6.23 Å². The first-order valence-corrected chi connectivity index (χ1v) is 5.72. The summed E-state index contributed by atoms with van der Waals surface area (Å²) >= 11 is 0. The van der Waals surface area contributed by atoms with Gasteiger partial charge in [-0.3, -0.25) is 4.79 Å². The summed E-state index contributed by atoms with van der Waals surface area (Å²) in [7, 11) is 1.53. The van der Waals surface area contributed by atoms with Crippen molar-refractivity contribution in [2.45, 2.75) is 32.1 Å². The average molecular weight is 237 g/mol. The van der Waals surface area contributed by atoms with Crippen LogP contribution in [-0.4, -0.2) is 30.5 Å². The second-order valence-corrected chi connectivity index (χ2v) is 3.85. The predicted octanol–water partition coefficient (Wildman–Crippen LogP) is 1.09. The average Bonchev–Trinajstić information content (AvgIpc) is 2.36. The van der Waals surface area contributed by atoms with Crippen LogP contribution in [0.25, 0.3) is 0 Å². The van der Waals surface area contributed by atoms with Crippen LogP contribution >= 0.6 is 0 Å². The van der Waals surface area contributed by atoms with Gasteiger partial charge in [0, 0.05) is 13.5 Å². The molecule has 4 nitrogen and oxygen atoms in total. The lowest BCUT2D eigenvalue weighted by molar-refractivity contribution is -0.133. The second-order valence-electron chi connectivity index (χ2n) is 3.85. The molecule has 0 bridgehead atoms. The summed E-state index contributed by atoms with van der Waals surface area (Å²) in [5, 5.41) is 12.4. The lowest BCUT2D eigenvalue weighted by Gasteiger charge is -2.17. The van der Waals surface area contributed by atoms with Gasteiger partial charge in [0.25, 0.3) is 5.91 Å². The normalized spacial score (nSPS) is 14.1. The van der Waals surface area contributed by atoms with Gasteiger partial charge in [-0.05, 0) is 12.0 Å². The van der Waals surface area contributed by atoms with Crippen LogP contribution in [0.15, 0.2) is 30.3 Å². The first-order chi connectivity index (χ1) is 8.17. The van der Waals surface area contributed by atoms with Crippen molar-refractivity contribution in [2.75, 3.05) is 7.11 Å². The fraction of sp³-hybridized carbons (Fsp3) is 0.462. The van der Waals surface area contributed by atoms with E-state index in [4.69, 9.17) is 4.74 Å². The number of ether oxygens (including phenoxy) is 1. The summed E-state index contributed by atoms with van der Waals surface area (Å²) in [4.78, 5) is 11.6. The number of methoxy groups -OCH3 is 1. The van der Waals surface area contributed by atoms with Crippen molar-refractivity contribution in [3.63, 3.8) is 0 Å². The molecular formula is C13H19NO3. The number of hydrogen-bond donors (Lipinski definition) is 2. The number of amides is 1. The standard InChI is InChI=1S/C13H19NO3/c1-3-12(17-2)14-13(16)11(15)9-10-7-5-4-6-8-10/h4-8,11-12,15H,3,9H2,1-2H3,(H,14,16)/t11-,12-/m0/s1. The molecule has 1 amide bonds. The number of hydrogen-bond acceptors (Lipinski definition) is 3. The molecule has 0 aliphatic rings. The summed E-state index contributed by atoms with van der Waals surface area (Å²) in [5.41, 5.74) is 0.931. The highest BCUT2D eigenvalue weighted by atomic mass is 16.5. The van der Waals surface area contributed by atoms with Crippen molar-refractivity contribution in [1.29, 1.82) is 0 Å². The number of carbonyl (C=O) groups excluding carboxylic acids is 1. The lowest BCUT2D eigenvalue weighted by Crippen LogP contribution is -2.42. The molecule has 0 aliphatic heterocycles. The van der Waals surface area contributed by atoms with Crippen LogP contribution in [0.1, 0.15) is 18.9 Å². The highest BCUT2D eigenvalue weighted by Crippen LogP contribution is 2.03. The molecule has 94 valence electrons. The van der Waals surface area contributed by atoms with Gasteiger partial charge in [0.05, 0.1) is 0 Å². The maximum atomic E-state index is 11.6. The minimum absolute atomic E-state index is 0.312. The Morgan fingerprint density at radius 3 is 2.59 bits per heavy atom. The predicted molar refractivity (Wildman–Crippen MR) is 65.4 cm³/mol. The summed E-state index contributed by atoms with van der Waals surface area (Å²) in [6.45, 7) is 1.90. The van der Waals surface area contributed by atoms with Gasteiger partial charge >= 0.3 is 0 Å². The smallest absolute Gasteiger partial charge is 0.251 e. The van der Waals surface area contributed by atoms with E-state index in [0.29, 0.717) is 12.8 Å². The van der Waals surface area contributed by atoms with Gasteiger partial charge in [-0.25, -0.2) is 0 Å². The number of carbonyl (C=O) groups is 1. The van der Waals surface area contributed by atoms with E-state index in [9.17, 15) is 9.90 Å². The van der Waals surface area contributed by atoms with E-state index < -0.39 is 12.0 Å². The number of aliphatic hydroxyl groups excluding tert-OH is 1. The Bertz CT molecular complexity index is 336. The van der Waals surface area contributed by atoms with Gasteiger partial charge in [0.2, 0.25) is 0 Å². The second kappa shape index (κ2) is 7.04. The number of aliphatic hydroxyl groups is 1. The minimum atomic E-state index is -1.04. The molecule has 0 aliphatic carbocycles. The zero-order chi connectivity index (χ0) is 12.7. The van der Waals surface area contributed by atoms with Crippen LogP contribution in [0.4, 0.5) is 0 Å². The molecule has 0 heterocycles. The molecule has 1 aromatic carbocycles. The quantitative estimate of drug-likeness (QED) is 0.728. The fourth-order valence-electron chi connectivity index (χ4n) is 1.51. The Kier molecular flexibility index (Phi) is 5.66. The van der Waals surface area contributed by atoms with E-state index in [1.54, 1.807) is 0 Å². The molecule has 0 aromatic heterocycles. The van der Waals surface area contributed by atoms with Crippen LogP contribution in [0.3, 0.4) is 0 Å². The Labute approximate surface area is 102 Å². The van der Waals surface area contributed by atoms with Crippen molar-refractivity contribution >= 4 is 5.91 Å². The molecule has 0 saturated carbocycles. The van der Waals surface area contributed by atoms with Crippen LogP contribution in [0.5, 0.6) is 0 Å². The molecule has 17 heavy (non-hydrogen) atoms. The van der Waals surface area contributed by atoms with Crippen LogP contribution in [-0.2, 0) is 16.0 Å². The van der Waals surface area contributed by atoms with E-state index in [1.165, 1.54) is 7.11 Å². The van der Waals surface area contributed by atoms with Crippen LogP contribution < -0.4 is 5.32 Å². The first-order valence-electron chi connectivity index (χ1n) is 5.72. The molecule has 0 saturated heterocycles. The van der Waals surface area contributed by atoms with Crippen molar-refractivity contribution in [1.82, 2.24) is 5.32 Å². The zero-order valence-electron chi connectivity index (χ0n) is 10.2. The molecule has 1 rings (SSSR count). The number of nitrogens with one attached hydrogen (secondary N) is 1. The van der Waals surface area contributed by atoms with Gasteiger partial charge in [-0.1, -0.05) is 37.3 Å². The Morgan fingerprint density at radius 2 is 2.06 bits per heavy atom. The lowest BCUT2D eigenvalue weighted by atomic mass is 10.1. The highest BCUT2D eigenvalue weighted by Gasteiger charge is 2.18. The number of benzene rings is 1. The molecule has 0 spiro atoms. The maximum Gasteiger partial charge on any atom is 0.251 e. The molecular weight excluding hydrogens is 218 g/mol. The Morgan fingerprint density at radius 1 is 1.41 bits per heavy atom. The molecule has 0 radical (unpaired) electrons. The summed E-state index contributed by atoms with van der Waals surface area (Å²) in [6.07, 6.45) is -0.401. The minimum Gasteiger partial charge on any atom is -0.383 e. The molecule has 4 heteroatoms. The van der Waals surface area contributed by atoms with Crippen molar-refractivity contribution in [3.8, 4) is 0 Å². The van der Waals surface area contributed by atoms with Crippen molar-refractivity contribution < 1.29 is 14.6 Å². The van der Waals surface area contributed by atoms with Crippen molar-refractivity contribution in [3.05, 3.63) is 35.9 Å². The first kappa shape index (κ1) is 13.7. The van der Waals surface area contributed by atoms with Crippen LogP contribution in [0, 0.1) is 0 Å². The molecule has 2 N–H and O–H groups in total. The van der Waals surface area contributed by atoms with Gasteiger partial charge in [-0.2, -0.15) is 0 Å². The number of rotatable bonds is 6. The fourth-order valence-corrected chi connectivity index (χ4v) is 1.51. The topological polar surface area (TPSA) is 58.6 Å². The SMILES string of the molecule is CC[C@@H](NC(=O)[C@@H](O)Cc1ccccc1)OC. The third kappa shape index (κ3) is 4.54. The van der Waals surface area contributed by atoms with Gasteiger partial charge < -0.3 is 15.2 Å². The monoisotopic (exact) mass is 237 g/mol.